The number of nitro groups is 1. The zero-order valence-electron chi connectivity index (χ0n) is 19.3. The molecule has 0 spiro atoms. The van der Waals surface area contributed by atoms with E-state index < -0.39 is 27.9 Å². The maximum absolute atomic E-state index is 15.2. The molecular weight excluding hydrogens is 405 g/mol. The summed E-state index contributed by atoms with van der Waals surface area (Å²) in [7, 11) is 1.61. The number of anilines is 1. The number of piperidine rings is 1. The lowest BCUT2D eigenvalue weighted by Crippen LogP contribution is -2.49. The van der Waals surface area contributed by atoms with Gasteiger partial charge in [-0.15, -0.1) is 0 Å². The van der Waals surface area contributed by atoms with Crippen molar-refractivity contribution in [3.63, 3.8) is 0 Å². The second-order valence-corrected chi connectivity index (χ2v) is 9.71. The number of nitrogens with one attached hydrogen (secondary N) is 1. The van der Waals surface area contributed by atoms with Crippen LogP contribution in [0.25, 0.3) is 0 Å². The second-order valence-electron chi connectivity index (χ2n) is 9.71. The standard InChI is InChI=1S/C22H34FN3O5/c1-20(2,3)31-19(27)24-15-22(23)9-11-25(12-10-22)17-8-7-16(13-18(17)26(28)29)14-21(4,5)30-6/h7-8,13H,9-12,14-15H2,1-6H3,(H,24,27). The summed E-state index contributed by atoms with van der Waals surface area (Å²) in [4.78, 5) is 24.9. The van der Waals surface area contributed by atoms with Gasteiger partial charge >= 0.3 is 6.09 Å². The first-order valence-electron chi connectivity index (χ1n) is 10.5. The van der Waals surface area contributed by atoms with E-state index in [9.17, 15) is 14.9 Å². The lowest BCUT2D eigenvalue weighted by atomic mass is 9.92. The number of methoxy groups -OCH3 is 1. The predicted molar refractivity (Wildman–Crippen MR) is 117 cm³/mol. The molecule has 1 aromatic carbocycles. The van der Waals surface area contributed by atoms with Crippen molar-refractivity contribution >= 4 is 17.5 Å². The van der Waals surface area contributed by atoms with Gasteiger partial charge in [0, 0.05) is 45.5 Å². The Morgan fingerprint density at radius 1 is 1.26 bits per heavy atom. The molecule has 0 aliphatic carbocycles. The number of alkyl carbamates (subject to hydrolysis) is 1. The Balaban J connectivity index is 2.04. The van der Waals surface area contributed by atoms with E-state index in [1.807, 2.05) is 24.8 Å². The normalized spacial score (nSPS) is 16.7. The van der Waals surface area contributed by atoms with Crippen molar-refractivity contribution in [2.75, 3.05) is 31.6 Å². The number of benzene rings is 1. The molecule has 31 heavy (non-hydrogen) atoms. The Kier molecular flexibility index (Phi) is 7.52. The number of hydrogen-bond acceptors (Lipinski definition) is 6. The number of halogens is 1. The molecule has 8 nitrogen and oxygen atoms in total. The zero-order valence-corrected chi connectivity index (χ0v) is 19.3. The number of carbonyl (C=O) groups is 1. The minimum Gasteiger partial charge on any atom is -0.444 e. The highest BCUT2D eigenvalue weighted by molar-refractivity contribution is 5.68. The smallest absolute Gasteiger partial charge is 0.407 e. The number of alkyl halides is 1. The summed E-state index contributed by atoms with van der Waals surface area (Å²) in [6, 6.07) is 5.14. The van der Waals surface area contributed by atoms with Crippen molar-refractivity contribution in [2.24, 2.45) is 0 Å². The Bertz CT molecular complexity index is 799. The lowest BCUT2D eigenvalue weighted by Gasteiger charge is -2.37. The fourth-order valence-corrected chi connectivity index (χ4v) is 3.53. The first-order valence-corrected chi connectivity index (χ1v) is 10.5. The van der Waals surface area contributed by atoms with Crippen LogP contribution in [0, 0.1) is 10.1 Å². The molecule has 174 valence electrons. The Labute approximate surface area is 183 Å². The summed E-state index contributed by atoms with van der Waals surface area (Å²) in [6.45, 7) is 9.54. The molecule has 9 heteroatoms. The van der Waals surface area contributed by atoms with Crippen LogP contribution in [0.2, 0.25) is 0 Å². The number of nitro benzene ring substituents is 1. The van der Waals surface area contributed by atoms with Crippen LogP contribution in [-0.4, -0.2) is 54.6 Å². The van der Waals surface area contributed by atoms with Crippen LogP contribution in [0.15, 0.2) is 18.2 Å². The average Bonchev–Trinajstić information content (AvgIpc) is 2.66. The minimum absolute atomic E-state index is 0.00245. The SMILES string of the molecule is COC(C)(C)Cc1ccc(N2CCC(F)(CNC(=O)OC(C)(C)C)CC2)c([N+](=O)[O-])c1. The maximum atomic E-state index is 15.2. The van der Waals surface area contributed by atoms with Crippen LogP contribution < -0.4 is 10.2 Å². The van der Waals surface area contributed by atoms with Gasteiger partial charge in [-0.2, -0.15) is 0 Å². The van der Waals surface area contributed by atoms with Gasteiger partial charge in [0.1, 0.15) is 17.0 Å². The van der Waals surface area contributed by atoms with Gasteiger partial charge in [-0.1, -0.05) is 6.07 Å². The van der Waals surface area contributed by atoms with Gasteiger partial charge in [0.2, 0.25) is 0 Å². The number of carbonyl (C=O) groups excluding carboxylic acids is 1. The van der Waals surface area contributed by atoms with Crippen molar-refractivity contribution in [1.29, 1.82) is 0 Å². The van der Waals surface area contributed by atoms with Gasteiger partial charge < -0.3 is 19.7 Å². The molecule has 1 fully saturated rings. The minimum atomic E-state index is -1.58. The van der Waals surface area contributed by atoms with E-state index >= 15 is 4.39 Å². The topological polar surface area (TPSA) is 93.9 Å². The van der Waals surface area contributed by atoms with E-state index in [1.54, 1.807) is 40.0 Å². The average molecular weight is 440 g/mol. The summed E-state index contributed by atoms with van der Waals surface area (Å²) in [5.74, 6) is 0. The molecule has 2 rings (SSSR count). The van der Waals surface area contributed by atoms with Gasteiger partial charge in [0.15, 0.2) is 0 Å². The number of hydrogen-bond donors (Lipinski definition) is 1. The highest BCUT2D eigenvalue weighted by Crippen LogP contribution is 2.35. The highest BCUT2D eigenvalue weighted by Gasteiger charge is 2.37. The van der Waals surface area contributed by atoms with Gasteiger partial charge in [-0.25, -0.2) is 9.18 Å². The van der Waals surface area contributed by atoms with Crippen LogP contribution in [0.3, 0.4) is 0 Å². The van der Waals surface area contributed by atoms with E-state index in [4.69, 9.17) is 9.47 Å². The van der Waals surface area contributed by atoms with Crippen LogP contribution in [0.1, 0.15) is 53.0 Å². The van der Waals surface area contributed by atoms with E-state index in [-0.39, 0.29) is 25.1 Å². The first-order chi connectivity index (χ1) is 14.2. The number of amides is 1. The summed E-state index contributed by atoms with van der Waals surface area (Å²) in [5.41, 5.74) is -1.38. The summed E-state index contributed by atoms with van der Waals surface area (Å²) >= 11 is 0. The molecule has 1 aliphatic rings. The maximum Gasteiger partial charge on any atom is 0.407 e. The fraction of sp³-hybridized carbons (Fsp3) is 0.682. The quantitative estimate of drug-likeness (QED) is 0.500. The molecule has 1 aromatic rings. The van der Waals surface area contributed by atoms with Crippen LogP contribution in [0.4, 0.5) is 20.6 Å². The molecule has 1 aliphatic heterocycles. The highest BCUT2D eigenvalue weighted by atomic mass is 19.1. The summed E-state index contributed by atoms with van der Waals surface area (Å²) in [6.07, 6.45) is 0.183. The third-order valence-electron chi connectivity index (χ3n) is 5.37. The summed E-state index contributed by atoms with van der Waals surface area (Å²) < 4.78 is 25.7. The van der Waals surface area contributed by atoms with Crippen molar-refractivity contribution in [2.45, 2.75) is 70.8 Å². The fourth-order valence-electron chi connectivity index (χ4n) is 3.53. The van der Waals surface area contributed by atoms with Gasteiger partial charge in [0.05, 0.1) is 17.1 Å². The first kappa shape index (κ1) is 24.8. The predicted octanol–water partition coefficient (Wildman–Crippen LogP) is 4.40. The van der Waals surface area contributed by atoms with Crippen molar-refractivity contribution in [3.8, 4) is 0 Å². The van der Waals surface area contributed by atoms with Crippen LogP contribution in [0.5, 0.6) is 0 Å². The zero-order chi connectivity index (χ0) is 23.4. The monoisotopic (exact) mass is 439 g/mol. The molecule has 0 unspecified atom stereocenters. The summed E-state index contributed by atoms with van der Waals surface area (Å²) in [5, 5.41) is 14.2. The Morgan fingerprint density at radius 2 is 1.87 bits per heavy atom. The molecule has 0 bridgehead atoms. The van der Waals surface area contributed by atoms with Gasteiger partial charge in [-0.3, -0.25) is 10.1 Å². The van der Waals surface area contributed by atoms with Gasteiger partial charge in [0.25, 0.3) is 5.69 Å². The Hall–Kier alpha value is -2.42. The largest absolute Gasteiger partial charge is 0.444 e. The third kappa shape index (κ3) is 7.34. The van der Waals surface area contributed by atoms with Crippen molar-refractivity contribution in [1.82, 2.24) is 5.32 Å². The van der Waals surface area contributed by atoms with E-state index in [2.05, 4.69) is 5.32 Å². The molecule has 0 radical (unpaired) electrons. The molecule has 1 amide bonds. The second kappa shape index (κ2) is 9.38. The molecule has 0 saturated carbocycles. The number of ether oxygens (including phenoxy) is 2. The van der Waals surface area contributed by atoms with Crippen molar-refractivity contribution in [3.05, 3.63) is 33.9 Å². The van der Waals surface area contributed by atoms with E-state index in [0.29, 0.717) is 25.2 Å². The van der Waals surface area contributed by atoms with Crippen LogP contribution >= 0.6 is 0 Å². The molecule has 1 heterocycles. The third-order valence-corrected chi connectivity index (χ3v) is 5.37. The lowest BCUT2D eigenvalue weighted by molar-refractivity contribution is -0.384. The Morgan fingerprint density at radius 3 is 2.39 bits per heavy atom. The van der Waals surface area contributed by atoms with Gasteiger partial charge in [-0.05, 0) is 46.2 Å². The van der Waals surface area contributed by atoms with Crippen molar-refractivity contribution < 1.29 is 23.6 Å². The molecular formula is C22H34FN3O5. The molecule has 0 atom stereocenters. The van der Waals surface area contributed by atoms with E-state index in [1.165, 1.54) is 0 Å². The number of nitrogens with zero attached hydrogens (tertiary/aromatic N) is 2. The molecule has 1 N–H and O–H groups in total. The molecule has 1 saturated heterocycles. The number of rotatable bonds is 7. The van der Waals surface area contributed by atoms with E-state index in [0.717, 1.165) is 5.56 Å². The van der Waals surface area contributed by atoms with Crippen LogP contribution in [-0.2, 0) is 15.9 Å². The molecule has 0 aromatic heterocycles.